The lowest BCUT2D eigenvalue weighted by Gasteiger charge is -2.15. The standard InChI is InChI=1S/C18H16ClN3O3/c1-3-16(23)22(2)13-7-4-11(5-8-13)18(25)21-15-9-6-12(19)10-14(15)17(20)24/h3-10H,1H2,2H3,(H2,20,24)(H,21,25). The molecule has 3 N–H and O–H groups in total. The van der Waals surface area contributed by atoms with E-state index in [1.807, 2.05) is 0 Å². The first-order chi connectivity index (χ1) is 11.8. The number of halogens is 1. The smallest absolute Gasteiger partial charge is 0.255 e. The Hall–Kier alpha value is -3.12. The number of nitrogens with zero attached hydrogens (tertiary/aromatic N) is 1. The summed E-state index contributed by atoms with van der Waals surface area (Å²) in [6.45, 7) is 3.43. The van der Waals surface area contributed by atoms with Gasteiger partial charge in [-0.1, -0.05) is 18.2 Å². The summed E-state index contributed by atoms with van der Waals surface area (Å²) in [6, 6.07) is 10.8. The van der Waals surface area contributed by atoms with E-state index in [-0.39, 0.29) is 17.2 Å². The summed E-state index contributed by atoms with van der Waals surface area (Å²) in [5.41, 5.74) is 6.66. The molecule has 2 aromatic carbocycles. The lowest BCUT2D eigenvalue weighted by atomic mass is 10.1. The summed E-state index contributed by atoms with van der Waals surface area (Å²) in [7, 11) is 1.60. The van der Waals surface area contributed by atoms with Crippen LogP contribution in [0, 0.1) is 0 Å². The van der Waals surface area contributed by atoms with Crippen LogP contribution in [0.15, 0.2) is 55.1 Å². The Labute approximate surface area is 149 Å². The first kappa shape index (κ1) is 18.2. The van der Waals surface area contributed by atoms with E-state index in [0.29, 0.717) is 16.3 Å². The van der Waals surface area contributed by atoms with Gasteiger partial charge >= 0.3 is 0 Å². The van der Waals surface area contributed by atoms with Gasteiger partial charge in [0.2, 0.25) is 5.91 Å². The molecule has 0 heterocycles. The molecule has 0 saturated heterocycles. The molecule has 2 rings (SSSR count). The number of carbonyl (C=O) groups excluding carboxylic acids is 3. The summed E-state index contributed by atoms with van der Waals surface area (Å²) < 4.78 is 0. The van der Waals surface area contributed by atoms with Gasteiger partial charge in [0, 0.05) is 23.3 Å². The Bertz CT molecular complexity index is 847. The first-order valence-electron chi connectivity index (χ1n) is 7.24. The molecular formula is C18H16ClN3O3. The van der Waals surface area contributed by atoms with Crippen LogP contribution in [0.3, 0.4) is 0 Å². The highest BCUT2D eigenvalue weighted by Gasteiger charge is 2.14. The van der Waals surface area contributed by atoms with Gasteiger partial charge in [-0.2, -0.15) is 0 Å². The number of rotatable bonds is 5. The molecule has 25 heavy (non-hydrogen) atoms. The van der Waals surface area contributed by atoms with E-state index in [1.54, 1.807) is 37.4 Å². The van der Waals surface area contributed by atoms with E-state index in [9.17, 15) is 14.4 Å². The third-order valence-corrected chi connectivity index (χ3v) is 3.75. The third kappa shape index (κ3) is 4.24. The van der Waals surface area contributed by atoms with Crippen LogP contribution in [-0.4, -0.2) is 24.8 Å². The number of nitrogens with two attached hydrogens (primary N) is 1. The Morgan fingerprint density at radius 3 is 2.36 bits per heavy atom. The van der Waals surface area contributed by atoms with Crippen molar-refractivity contribution in [1.29, 1.82) is 0 Å². The van der Waals surface area contributed by atoms with Crippen molar-refractivity contribution in [3.8, 4) is 0 Å². The number of benzene rings is 2. The number of carbonyl (C=O) groups is 3. The third-order valence-electron chi connectivity index (χ3n) is 3.52. The minimum Gasteiger partial charge on any atom is -0.366 e. The zero-order valence-electron chi connectivity index (χ0n) is 13.5. The van der Waals surface area contributed by atoms with Gasteiger partial charge in [0.05, 0.1) is 11.3 Å². The Balaban J connectivity index is 2.21. The van der Waals surface area contributed by atoms with Crippen LogP contribution in [0.25, 0.3) is 0 Å². The van der Waals surface area contributed by atoms with Crippen molar-refractivity contribution in [2.45, 2.75) is 0 Å². The maximum atomic E-state index is 12.4. The molecule has 0 atom stereocenters. The largest absolute Gasteiger partial charge is 0.366 e. The van der Waals surface area contributed by atoms with Gasteiger partial charge in [0.15, 0.2) is 0 Å². The second-order valence-corrected chi connectivity index (χ2v) is 5.59. The molecule has 0 fully saturated rings. The average Bonchev–Trinajstić information content (AvgIpc) is 2.61. The summed E-state index contributed by atoms with van der Waals surface area (Å²) in [4.78, 5) is 36.8. The molecule has 2 aromatic rings. The number of anilines is 2. The Morgan fingerprint density at radius 1 is 1.16 bits per heavy atom. The van der Waals surface area contributed by atoms with Crippen LogP contribution in [-0.2, 0) is 4.79 Å². The molecule has 7 heteroatoms. The fourth-order valence-corrected chi connectivity index (χ4v) is 2.30. The van der Waals surface area contributed by atoms with Crippen molar-refractivity contribution in [1.82, 2.24) is 0 Å². The first-order valence-corrected chi connectivity index (χ1v) is 7.62. The monoisotopic (exact) mass is 357 g/mol. The van der Waals surface area contributed by atoms with E-state index in [1.165, 1.54) is 23.1 Å². The number of hydrogen-bond donors (Lipinski definition) is 2. The van der Waals surface area contributed by atoms with Crippen LogP contribution in [0.1, 0.15) is 20.7 Å². The second kappa shape index (κ2) is 7.63. The minimum atomic E-state index is -0.697. The topological polar surface area (TPSA) is 92.5 Å². The normalized spacial score (nSPS) is 10.0. The van der Waals surface area contributed by atoms with Gasteiger partial charge in [0.1, 0.15) is 0 Å². The van der Waals surface area contributed by atoms with Crippen molar-refractivity contribution >= 4 is 40.7 Å². The summed E-state index contributed by atoms with van der Waals surface area (Å²) in [5, 5.41) is 2.96. The van der Waals surface area contributed by atoms with E-state index in [0.717, 1.165) is 0 Å². The number of nitrogens with one attached hydrogen (secondary N) is 1. The molecule has 0 unspecified atom stereocenters. The van der Waals surface area contributed by atoms with E-state index < -0.39 is 11.8 Å². The molecule has 0 bridgehead atoms. The number of hydrogen-bond acceptors (Lipinski definition) is 3. The SMILES string of the molecule is C=CC(=O)N(C)c1ccc(C(=O)Nc2ccc(Cl)cc2C(N)=O)cc1. The quantitative estimate of drug-likeness (QED) is 0.806. The molecule has 128 valence electrons. The molecule has 3 amide bonds. The average molecular weight is 358 g/mol. The summed E-state index contributed by atoms with van der Waals surface area (Å²) in [5.74, 6) is -1.38. The highest BCUT2D eigenvalue weighted by molar-refractivity contribution is 6.31. The highest BCUT2D eigenvalue weighted by Crippen LogP contribution is 2.21. The fraction of sp³-hybridized carbons (Fsp3) is 0.0556. The lowest BCUT2D eigenvalue weighted by molar-refractivity contribution is -0.113. The fourth-order valence-electron chi connectivity index (χ4n) is 2.12. The van der Waals surface area contributed by atoms with Gasteiger partial charge in [-0.05, 0) is 48.5 Å². The zero-order chi connectivity index (χ0) is 18.6. The molecular weight excluding hydrogens is 342 g/mol. The van der Waals surface area contributed by atoms with Gasteiger partial charge < -0.3 is 16.0 Å². The number of amides is 3. The van der Waals surface area contributed by atoms with E-state index >= 15 is 0 Å². The number of likely N-dealkylation sites (N-methyl/N-ethyl adjacent to an activating group) is 1. The molecule has 6 nitrogen and oxygen atoms in total. The molecule has 0 radical (unpaired) electrons. The van der Waals surface area contributed by atoms with E-state index in [2.05, 4.69) is 11.9 Å². The van der Waals surface area contributed by atoms with Gasteiger partial charge in [-0.25, -0.2) is 0 Å². The van der Waals surface area contributed by atoms with Gasteiger partial charge in [0.25, 0.3) is 11.8 Å². The Kier molecular flexibility index (Phi) is 5.56. The molecule has 0 spiro atoms. The maximum Gasteiger partial charge on any atom is 0.255 e. The van der Waals surface area contributed by atoms with Crippen LogP contribution < -0.4 is 16.0 Å². The molecule has 0 aliphatic heterocycles. The summed E-state index contributed by atoms with van der Waals surface area (Å²) >= 11 is 5.84. The maximum absolute atomic E-state index is 12.4. The second-order valence-electron chi connectivity index (χ2n) is 5.16. The van der Waals surface area contributed by atoms with Crippen molar-refractivity contribution in [3.05, 3.63) is 71.3 Å². The molecule has 0 aliphatic rings. The Morgan fingerprint density at radius 2 is 1.80 bits per heavy atom. The summed E-state index contributed by atoms with van der Waals surface area (Å²) in [6.07, 6.45) is 1.20. The molecule has 0 aliphatic carbocycles. The number of primary amides is 1. The minimum absolute atomic E-state index is 0.119. The zero-order valence-corrected chi connectivity index (χ0v) is 14.2. The predicted molar refractivity (Wildman–Crippen MR) is 98.0 cm³/mol. The lowest BCUT2D eigenvalue weighted by Crippen LogP contribution is -2.23. The van der Waals surface area contributed by atoms with Crippen LogP contribution in [0.5, 0.6) is 0 Å². The predicted octanol–water partition coefficient (Wildman–Crippen LogP) is 2.84. The van der Waals surface area contributed by atoms with Crippen molar-refractivity contribution in [3.63, 3.8) is 0 Å². The van der Waals surface area contributed by atoms with Crippen molar-refractivity contribution in [2.75, 3.05) is 17.3 Å². The highest BCUT2D eigenvalue weighted by atomic mass is 35.5. The van der Waals surface area contributed by atoms with E-state index in [4.69, 9.17) is 17.3 Å². The van der Waals surface area contributed by atoms with Gasteiger partial charge in [-0.3, -0.25) is 14.4 Å². The van der Waals surface area contributed by atoms with Crippen LogP contribution in [0.4, 0.5) is 11.4 Å². The van der Waals surface area contributed by atoms with Crippen LogP contribution >= 0.6 is 11.6 Å². The van der Waals surface area contributed by atoms with Crippen molar-refractivity contribution < 1.29 is 14.4 Å². The van der Waals surface area contributed by atoms with Crippen LogP contribution in [0.2, 0.25) is 5.02 Å². The van der Waals surface area contributed by atoms with Gasteiger partial charge in [-0.15, -0.1) is 0 Å². The molecule has 0 aromatic heterocycles. The van der Waals surface area contributed by atoms with Crippen molar-refractivity contribution in [2.24, 2.45) is 5.73 Å². The molecule has 0 saturated carbocycles.